The maximum Gasteiger partial charge on any atom is 0.418 e. The molecule has 2 aliphatic rings. The minimum Gasteiger partial charge on any atom is -0.337 e. The SMILES string of the molecule is CC.Cc1ccc2cnn(-c3ccc(F)cc3)c2c1.O=C(c1ncccc1C(F)(F)F)N1CC2CC2C1.c1ccccc1. The second kappa shape index (κ2) is 14.1. The molecule has 0 radical (unpaired) electrons. The van der Waals surface area contributed by atoms with Crippen LogP contribution in [-0.4, -0.2) is 38.7 Å². The molecule has 5 aromatic rings. The number of piperidine rings is 1. The molecule has 2 unspecified atom stereocenters. The van der Waals surface area contributed by atoms with Gasteiger partial charge < -0.3 is 4.90 Å². The monoisotopic (exact) mass is 590 g/mol. The normalized spacial score (nSPS) is 16.5. The van der Waals surface area contributed by atoms with Gasteiger partial charge in [0.2, 0.25) is 0 Å². The number of likely N-dealkylation sites (tertiary alicyclic amines) is 1. The van der Waals surface area contributed by atoms with E-state index in [2.05, 4.69) is 22.2 Å². The van der Waals surface area contributed by atoms with Crippen molar-refractivity contribution < 1.29 is 22.4 Å². The van der Waals surface area contributed by atoms with E-state index in [0.717, 1.165) is 29.1 Å². The second-order valence-electron chi connectivity index (χ2n) is 10.1. The third-order valence-corrected chi connectivity index (χ3v) is 7.05. The van der Waals surface area contributed by atoms with Crippen molar-refractivity contribution in [2.75, 3.05) is 13.1 Å². The molecule has 3 aromatic carbocycles. The lowest BCUT2D eigenvalue weighted by Crippen LogP contribution is -2.32. The highest BCUT2D eigenvalue weighted by Gasteiger charge is 2.48. The number of alkyl halides is 3. The number of aromatic nitrogens is 3. The third kappa shape index (κ3) is 8.06. The number of hydrogen-bond acceptors (Lipinski definition) is 3. The molecule has 9 heteroatoms. The number of carbonyl (C=O) groups excluding carboxylic acids is 1. The lowest BCUT2D eigenvalue weighted by molar-refractivity contribution is -0.138. The molecule has 0 N–H and O–H groups in total. The highest BCUT2D eigenvalue weighted by atomic mass is 19.4. The number of amides is 1. The highest BCUT2D eigenvalue weighted by molar-refractivity contribution is 5.94. The summed E-state index contributed by atoms with van der Waals surface area (Å²) >= 11 is 0. The topological polar surface area (TPSA) is 51.0 Å². The number of hydrogen-bond donors (Lipinski definition) is 0. The van der Waals surface area contributed by atoms with E-state index in [1.165, 1.54) is 34.9 Å². The van der Waals surface area contributed by atoms with E-state index in [1.54, 1.807) is 12.1 Å². The van der Waals surface area contributed by atoms with Crippen molar-refractivity contribution in [3.8, 4) is 5.69 Å². The van der Waals surface area contributed by atoms with E-state index in [-0.39, 0.29) is 5.82 Å². The molecule has 3 heterocycles. The molecule has 1 amide bonds. The summed E-state index contributed by atoms with van der Waals surface area (Å²) in [5.41, 5.74) is 1.66. The van der Waals surface area contributed by atoms with Gasteiger partial charge in [0.05, 0.1) is 23.0 Å². The lowest BCUT2D eigenvalue weighted by atomic mass is 10.1. The van der Waals surface area contributed by atoms with E-state index < -0.39 is 23.3 Å². The molecule has 1 aliphatic carbocycles. The Balaban J connectivity index is 0.000000158. The van der Waals surface area contributed by atoms with Gasteiger partial charge in [-0.2, -0.15) is 18.3 Å². The predicted octanol–water partition coefficient (Wildman–Crippen LogP) is 8.38. The predicted molar refractivity (Wildman–Crippen MR) is 160 cm³/mol. The van der Waals surface area contributed by atoms with Crippen molar-refractivity contribution in [3.05, 3.63) is 126 Å². The summed E-state index contributed by atoms with van der Waals surface area (Å²) in [7, 11) is 0. The molecule has 5 nitrogen and oxygen atoms in total. The van der Waals surface area contributed by atoms with Crippen molar-refractivity contribution >= 4 is 16.8 Å². The van der Waals surface area contributed by atoms with Crippen molar-refractivity contribution in [2.45, 2.75) is 33.4 Å². The molecular formula is C34H34F4N4O. The molecule has 2 fully saturated rings. The number of aryl methyl sites for hydroxylation is 1. The molecule has 0 bridgehead atoms. The fourth-order valence-corrected chi connectivity index (χ4v) is 4.82. The molecule has 7 rings (SSSR count). The van der Waals surface area contributed by atoms with E-state index in [9.17, 15) is 22.4 Å². The third-order valence-electron chi connectivity index (χ3n) is 7.05. The first-order valence-corrected chi connectivity index (χ1v) is 14.2. The number of pyridine rings is 1. The number of fused-ring (bicyclic) bond motifs is 2. The summed E-state index contributed by atoms with van der Waals surface area (Å²) in [5.74, 6) is 0.149. The fourth-order valence-electron chi connectivity index (χ4n) is 4.82. The Hall–Kier alpha value is -4.53. The van der Waals surface area contributed by atoms with Gasteiger partial charge >= 0.3 is 6.18 Å². The van der Waals surface area contributed by atoms with E-state index in [0.29, 0.717) is 24.9 Å². The lowest BCUT2D eigenvalue weighted by Gasteiger charge is -2.19. The highest BCUT2D eigenvalue weighted by Crippen LogP contribution is 2.45. The Morgan fingerprint density at radius 3 is 2.05 bits per heavy atom. The molecule has 1 saturated heterocycles. The molecular weight excluding hydrogens is 556 g/mol. The average molecular weight is 591 g/mol. The number of carbonyl (C=O) groups is 1. The Kier molecular flexibility index (Phi) is 10.3. The molecule has 2 atom stereocenters. The van der Waals surface area contributed by atoms with Crippen LogP contribution < -0.4 is 0 Å². The zero-order valence-electron chi connectivity index (χ0n) is 24.3. The van der Waals surface area contributed by atoms with E-state index in [1.807, 2.05) is 74.1 Å². The van der Waals surface area contributed by atoms with Crippen LogP contribution in [0.25, 0.3) is 16.6 Å². The van der Waals surface area contributed by atoms with Gasteiger partial charge in [0.15, 0.2) is 0 Å². The Morgan fingerprint density at radius 2 is 1.47 bits per heavy atom. The van der Waals surface area contributed by atoms with Gasteiger partial charge in [0, 0.05) is 24.7 Å². The summed E-state index contributed by atoms with van der Waals surface area (Å²) < 4.78 is 53.0. The average Bonchev–Trinajstić information content (AvgIpc) is 3.42. The Bertz CT molecular complexity index is 1580. The van der Waals surface area contributed by atoms with Crippen molar-refractivity contribution in [3.63, 3.8) is 0 Å². The van der Waals surface area contributed by atoms with E-state index >= 15 is 0 Å². The molecule has 1 saturated carbocycles. The Labute approximate surface area is 248 Å². The summed E-state index contributed by atoms with van der Waals surface area (Å²) in [6, 6.07) is 26.6. The molecule has 43 heavy (non-hydrogen) atoms. The largest absolute Gasteiger partial charge is 0.418 e. The molecule has 0 spiro atoms. The quantitative estimate of drug-likeness (QED) is 0.194. The van der Waals surface area contributed by atoms with Gasteiger partial charge in [-0.05, 0) is 73.2 Å². The van der Waals surface area contributed by atoms with Crippen LogP contribution in [0.3, 0.4) is 0 Å². The smallest absolute Gasteiger partial charge is 0.337 e. The summed E-state index contributed by atoms with van der Waals surface area (Å²) in [4.78, 5) is 17.1. The summed E-state index contributed by atoms with van der Waals surface area (Å²) in [5, 5.41) is 5.41. The van der Waals surface area contributed by atoms with Crippen LogP contribution in [-0.2, 0) is 6.18 Å². The Morgan fingerprint density at radius 1 is 0.860 bits per heavy atom. The second-order valence-corrected chi connectivity index (χ2v) is 10.1. The van der Waals surface area contributed by atoms with Crippen LogP contribution in [0.5, 0.6) is 0 Å². The van der Waals surface area contributed by atoms with Gasteiger partial charge in [-0.25, -0.2) is 9.07 Å². The van der Waals surface area contributed by atoms with Crippen molar-refractivity contribution in [1.82, 2.24) is 19.7 Å². The number of benzene rings is 3. The number of nitrogens with zero attached hydrogens (tertiary/aromatic N) is 4. The molecule has 1 aliphatic heterocycles. The van der Waals surface area contributed by atoms with E-state index in [4.69, 9.17) is 0 Å². The summed E-state index contributed by atoms with van der Waals surface area (Å²) in [6.45, 7) is 7.18. The summed E-state index contributed by atoms with van der Waals surface area (Å²) in [6.07, 6.45) is -0.405. The zero-order chi connectivity index (χ0) is 31.0. The number of rotatable bonds is 2. The van der Waals surface area contributed by atoms with Gasteiger partial charge in [-0.1, -0.05) is 62.4 Å². The maximum absolute atomic E-state index is 12.9. The number of halogens is 4. The van der Waals surface area contributed by atoms with Crippen molar-refractivity contribution in [2.24, 2.45) is 11.8 Å². The van der Waals surface area contributed by atoms with Gasteiger partial charge in [0.25, 0.3) is 5.91 Å². The van der Waals surface area contributed by atoms with Crippen LogP contribution in [0.1, 0.15) is 41.9 Å². The van der Waals surface area contributed by atoms with Crippen molar-refractivity contribution in [1.29, 1.82) is 0 Å². The minimum absolute atomic E-state index is 0.235. The van der Waals surface area contributed by atoms with Crippen LogP contribution >= 0.6 is 0 Å². The maximum atomic E-state index is 12.9. The first-order valence-electron chi connectivity index (χ1n) is 14.2. The van der Waals surface area contributed by atoms with Gasteiger partial charge in [-0.15, -0.1) is 0 Å². The molecule has 2 aromatic heterocycles. The first-order chi connectivity index (χ1) is 20.7. The fraction of sp³-hybridized carbons (Fsp3) is 0.265. The first kappa shape index (κ1) is 31.4. The minimum atomic E-state index is -4.54. The van der Waals surface area contributed by atoms with Gasteiger partial charge in [-0.3, -0.25) is 9.78 Å². The van der Waals surface area contributed by atoms with Crippen LogP contribution in [0.4, 0.5) is 17.6 Å². The van der Waals surface area contributed by atoms with Crippen LogP contribution in [0, 0.1) is 24.6 Å². The standard InChI is InChI=1S/C14H11FN2.C12H11F3N2O.C6H6.C2H6/c1-10-2-3-11-9-16-17(14(11)8-10)13-6-4-12(15)5-7-13;13-12(14,15)9-2-1-3-16-10(9)11(18)17-5-7-4-8(7)6-17;1-2-4-6-5-3-1;1-2/h2-9H,1H3;1-3,7-8H,4-6H2;1-6H;1-2H3. The van der Waals surface area contributed by atoms with Crippen LogP contribution in [0.2, 0.25) is 0 Å². The molecule has 224 valence electrons. The van der Waals surface area contributed by atoms with Gasteiger partial charge in [0.1, 0.15) is 11.5 Å². The van der Waals surface area contributed by atoms with Crippen LogP contribution in [0.15, 0.2) is 103 Å². The zero-order valence-corrected chi connectivity index (χ0v) is 24.3.